The first-order chi connectivity index (χ1) is 22.8. The second kappa shape index (κ2) is 30.1. The molecule has 1 aliphatic rings. The molecule has 1 rings (SSSR count). The molecule has 0 saturated carbocycles. The third-order valence-electron chi connectivity index (χ3n) is 9.71. The van der Waals surface area contributed by atoms with Crippen molar-refractivity contribution >= 4 is 5.91 Å². The fourth-order valence-electron chi connectivity index (χ4n) is 6.45. The Kier molecular flexibility index (Phi) is 28.3. The van der Waals surface area contributed by atoms with Gasteiger partial charge < -0.3 is 40.3 Å². The number of nitrogens with one attached hydrogen (secondary N) is 1. The number of ether oxygens (including phenoxy) is 2. The molecule has 1 amide bonds. The van der Waals surface area contributed by atoms with Crippen molar-refractivity contribution in [3.63, 3.8) is 0 Å². The highest BCUT2D eigenvalue weighted by Gasteiger charge is 2.44. The number of amides is 1. The van der Waals surface area contributed by atoms with Crippen molar-refractivity contribution in [3.8, 4) is 0 Å². The number of aliphatic hydroxyl groups is 5. The molecular weight excluding hydrogens is 598 g/mol. The van der Waals surface area contributed by atoms with Gasteiger partial charge >= 0.3 is 0 Å². The minimum absolute atomic E-state index is 0.134. The maximum Gasteiger partial charge on any atom is 0.220 e. The number of rotatable bonds is 32. The molecule has 0 bridgehead atoms. The monoisotopic (exact) mass is 674 g/mol. The normalized spacial score (nSPS) is 22.7. The molecule has 9 nitrogen and oxygen atoms in total. The molecule has 0 aromatic heterocycles. The Balaban J connectivity index is 2.30. The van der Waals surface area contributed by atoms with Crippen LogP contribution in [0.2, 0.25) is 0 Å². The number of hydrogen-bond donors (Lipinski definition) is 6. The maximum atomic E-state index is 12.8. The summed E-state index contributed by atoms with van der Waals surface area (Å²) in [4.78, 5) is 12.8. The van der Waals surface area contributed by atoms with E-state index in [0.717, 1.165) is 38.5 Å². The fourth-order valence-corrected chi connectivity index (χ4v) is 6.45. The van der Waals surface area contributed by atoms with Crippen LogP contribution in [0.4, 0.5) is 0 Å². The molecule has 0 radical (unpaired) electrons. The van der Waals surface area contributed by atoms with E-state index in [0.29, 0.717) is 12.8 Å². The van der Waals surface area contributed by atoms with Gasteiger partial charge in [-0.1, -0.05) is 162 Å². The highest BCUT2D eigenvalue weighted by atomic mass is 16.7. The first-order valence-corrected chi connectivity index (χ1v) is 19.7. The van der Waals surface area contributed by atoms with Crippen LogP contribution in [0.3, 0.4) is 0 Å². The number of aliphatic hydroxyl groups excluding tert-OH is 5. The first-order valence-electron chi connectivity index (χ1n) is 19.7. The van der Waals surface area contributed by atoms with Crippen molar-refractivity contribution in [2.24, 2.45) is 0 Å². The summed E-state index contributed by atoms with van der Waals surface area (Å²) < 4.78 is 11.2. The topological polar surface area (TPSA) is 149 Å². The van der Waals surface area contributed by atoms with Gasteiger partial charge in [-0.05, 0) is 12.8 Å². The van der Waals surface area contributed by atoms with Crippen molar-refractivity contribution in [3.05, 3.63) is 0 Å². The smallest absolute Gasteiger partial charge is 0.220 e. The summed E-state index contributed by atoms with van der Waals surface area (Å²) in [5.74, 6) is -0.146. The average Bonchev–Trinajstić information content (AvgIpc) is 3.07. The number of carbonyl (C=O) groups is 1. The molecule has 0 aliphatic carbocycles. The predicted octanol–water partition coefficient (Wildman–Crippen LogP) is 6.83. The molecule has 9 heteroatoms. The van der Waals surface area contributed by atoms with E-state index in [9.17, 15) is 30.3 Å². The van der Waals surface area contributed by atoms with Gasteiger partial charge in [0.25, 0.3) is 0 Å². The lowest BCUT2D eigenvalue weighted by molar-refractivity contribution is -0.302. The standard InChI is InChI=1S/C38H75NO8/c1-3-5-7-9-11-12-13-14-15-16-17-18-19-20-22-24-26-28-34(42)39-31(32(41)27-25-23-21-10-8-6-4-2)30-46-38-37(45)36(44)35(43)33(29-40)47-38/h31-33,35-38,40-41,43-45H,3-30H2,1-2H3,(H,39,42). The summed E-state index contributed by atoms with van der Waals surface area (Å²) in [6.45, 7) is 3.78. The highest BCUT2D eigenvalue weighted by molar-refractivity contribution is 5.76. The molecular formula is C38H75NO8. The lowest BCUT2D eigenvalue weighted by atomic mass is 9.99. The number of carbonyl (C=O) groups excluding carboxylic acids is 1. The van der Waals surface area contributed by atoms with Crippen LogP contribution in [0.5, 0.6) is 0 Å². The molecule has 1 fully saturated rings. The van der Waals surface area contributed by atoms with Crippen molar-refractivity contribution in [1.82, 2.24) is 5.32 Å². The zero-order valence-electron chi connectivity index (χ0n) is 30.3. The molecule has 280 valence electrons. The number of hydrogen-bond acceptors (Lipinski definition) is 8. The average molecular weight is 674 g/mol. The minimum atomic E-state index is -1.55. The summed E-state index contributed by atoms with van der Waals surface area (Å²) in [6.07, 6.45) is 22.7. The minimum Gasteiger partial charge on any atom is -0.394 e. The van der Waals surface area contributed by atoms with Crippen LogP contribution >= 0.6 is 0 Å². The van der Waals surface area contributed by atoms with Gasteiger partial charge in [-0.15, -0.1) is 0 Å². The quantitative estimate of drug-likeness (QED) is 0.0426. The van der Waals surface area contributed by atoms with Crippen LogP contribution in [0.15, 0.2) is 0 Å². The summed E-state index contributed by atoms with van der Waals surface area (Å²) >= 11 is 0. The zero-order chi connectivity index (χ0) is 34.5. The molecule has 1 aliphatic heterocycles. The van der Waals surface area contributed by atoms with E-state index in [2.05, 4.69) is 19.2 Å². The van der Waals surface area contributed by atoms with Gasteiger partial charge in [0.2, 0.25) is 5.91 Å². The lowest BCUT2D eigenvalue weighted by Crippen LogP contribution is -2.60. The Bertz CT molecular complexity index is 711. The van der Waals surface area contributed by atoms with Gasteiger partial charge in [0.1, 0.15) is 24.4 Å². The Morgan fingerprint density at radius 1 is 0.638 bits per heavy atom. The van der Waals surface area contributed by atoms with E-state index in [4.69, 9.17) is 9.47 Å². The van der Waals surface area contributed by atoms with Gasteiger partial charge in [-0.2, -0.15) is 0 Å². The predicted molar refractivity (Wildman–Crippen MR) is 189 cm³/mol. The fraction of sp³-hybridized carbons (Fsp3) is 0.974. The van der Waals surface area contributed by atoms with Crippen LogP contribution in [0, 0.1) is 0 Å². The summed E-state index contributed by atoms with van der Waals surface area (Å²) in [5.41, 5.74) is 0. The van der Waals surface area contributed by atoms with Gasteiger partial charge in [-0.3, -0.25) is 4.79 Å². The van der Waals surface area contributed by atoms with Gasteiger partial charge in [-0.25, -0.2) is 0 Å². The second-order valence-electron chi connectivity index (χ2n) is 14.1. The SMILES string of the molecule is CCCCCCCCCCCCCCCCCCCC(=O)NC(COC1OC(CO)C(O)C(O)C1O)C(O)CCCCCCCCC. The van der Waals surface area contributed by atoms with E-state index in [-0.39, 0.29) is 12.5 Å². The number of unbranched alkanes of at least 4 members (excludes halogenated alkanes) is 22. The molecule has 1 heterocycles. The van der Waals surface area contributed by atoms with E-state index < -0.39 is 49.5 Å². The molecule has 0 aromatic rings. The molecule has 1 saturated heterocycles. The van der Waals surface area contributed by atoms with Crippen molar-refractivity contribution in [2.45, 2.75) is 224 Å². The van der Waals surface area contributed by atoms with E-state index in [1.807, 2.05) is 0 Å². The van der Waals surface area contributed by atoms with Crippen LogP contribution < -0.4 is 5.32 Å². The molecule has 0 aromatic carbocycles. The lowest BCUT2D eigenvalue weighted by Gasteiger charge is -2.40. The first kappa shape index (κ1) is 44.2. The summed E-state index contributed by atoms with van der Waals surface area (Å²) in [7, 11) is 0. The van der Waals surface area contributed by atoms with Crippen LogP contribution in [0.1, 0.15) is 181 Å². The van der Waals surface area contributed by atoms with Crippen LogP contribution in [0.25, 0.3) is 0 Å². The maximum absolute atomic E-state index is 12.8. The van der Waals surface area contributed by atoms with Crippen LogP contribution in [-0.2, 0) is 14.3 Å². The Labute approximate surface area is 287 Å². The molecule has 6 N–H and O–H groups in total. The Morgan fingerprint density at radius 3 is 1.51 bits per heavy atom. The van der Waals surface area contributed by atoms with E-state index in [1.165, 1.54) is 116 Å². The summed E-state index contributed by atoms with van der Waals surface area (Å²) in [6, 6.07) is -0.708. The third kappa shape index (κ3) is 21.8. The summed E-state index contributed by atoms with van der Waals surface area (Å²) in [5, 5.41) is 53.9. The highest BCUT2D eigenvalue weighted by Crippen LogP contribution is 2.23. The van der Waals surface area contributed by atoms with Gasteiger partial charge in [0.15, 0.2) is 6.29 Å². The molecule has 47 heavy (non-hydrogen) atoms. The Morgan fingerprint density at radius 2 is 1.06 bits per heavy atom. The molecule has 0 spiro atoms. The zero-order valence-corrected chi connectivity index (χ0v) is 30.3. The van der Waals surface area contributed by atoms with Gasteiger partial charge in [0, 0.05) is 6.42 Å². The molecule has 7 unspecified atom stereocenters. The second-order valence-corrected chi connectivity index (χ2v) is 14.1. The van der Waals surface area contributed by atoms with E-state index in [1.54, 1.807) is 0 Å². The van der Waals surface area contributed by atoms with Crippen molar-refractivity contribution in [2.75, 3.05) is 13.2 Å². The molecule has 7 atom stereocenters. The largest absolute Gasteiger partial charge is 0.394 e. The van der Waals surface area contributed by atoms with E-state index >= 15 is 0 Å². The van der Waals surface area contributed by atoms with Crippen LogP contribution in [-0.4, -0.2) is 87.5 Å². The van der Waals surface area contributed by atoms with Gasteiger partial charge in [0.05, 0.1) is 25.4 Å². The third-order valence-corrected chi connectivity index (χ3v) is 9.71. The Hall–Kier alpha value is -0.810. The van der Waals surface area contributed by atoms with Crippen molar-refractivity contribution < 1.29 is 39.8 Å². The van der Waals surface area contributed by atoms with Crippen molar-refractivity contribution in [1.29, 1.82) is 0 Å².